The fourth-order valence-electron chi connectivity index (χ4n) is 2.92. The summed E-state index contributed by atoms with van der Waals surface area (Å²) in [7, 11) is 0. The van der Waals surface area contributed by atoms with Crippen LogP contribution in [0.2, 0.25) is 0 Å². The molecule has 0 unspecified atom stereocenters. The van der Waals surface area contributed by atoms with Gasteiger partial charge in [-0.25, -0.2) is 0 Å². The lowest BCUT2D eigenvalue weighted by Crippen LogP contribution is -2.46. The number of hydrogen-bond acceptors (Lipinski definition) is 3. The summed E-state index contributed by atoms with van der Waals surface area (Å²) in [5, 5.41) is 3.49. The summed E-state index contributed by atoms with van der Waals surface area (Å²) in [5.74, 6) is 0.279. The molecule has 5 nitrogen and oxygen atoms in total. The van der Waals surface area contributed by atoms with Crippen molar-refractivity contribution in [2.45, 2.75) is 37.9 Å². The van der Waals surface area contributed by atoms with Gasteiger partial charge in [0.2, 0.25) is 0 Å². The number of piperidine rings is 1. The van der Waals surface area contributed by atoms with Crippen molar-refractivity contribution in [3.8, 4) is 0 Å². The molecule has 1 aromatic heterocycles. The molecule has 1 saturated heterocycles. The molecular weight excluding hydrogens is 359 g/mol. The van der Waals surface area contributed by atoms with Crippen molar-refractivity contribution in [3.05, 3.63) is 33.7 Å². The number of rotatable bonds is 4. The maximum absolute atomic E-state index is 12.6. The normalized spacial score (nSPS) is 18.8. The van der Waals surface area contributed by atoms with Crippen LogP contribution in [-0.2, 0) is 6.18 Å². The van der Waals surface area contributed by atoms with E-state index >= 15 is 0 Å². The number of amides is 1. The monoisotopic (exact) mass is 379 g/mol. The van der Waals surface area contributed by atoms with Gasteiger partial charge in [0.05, 0.1) is 0 Å². The number of carbonyl (C=O) groups is 1. The van der Waals surface area contributed by atoms with Crippen LogP contribution < -0.4 is 10.9 Å². The van der Waals surface area contributed by atoms with Crippen molar-refractivity contribution in [3.63, 3.8) is 0 Å². The van der Waals surface area contributed by atoms with E-state index in [0.29, 0.717) is 19.1 Å². The third-order valence-corrected chi connectivity index (χ3v) is 4.62. The third kappa shape index (κ3) is 4.98. The van der Waals surface area contributed by atoms with Gasteiger partial charge in [-0.1, -0.05) is 0 Å². The highest BCUT2D eigenvalue weighted by Gasteiger charge is 2.33. The van der Waals surface area contributed by atoms with Crippen LogP contribution in [-0.4, -0.2) is 41.5 Å². The minimum atomic E-state index is -4.63. The third-order valence-electron chi connectivity index (χ3n) is 4.62. The zero-order valence-electron chi connectivity index (χ0n) is 13.6. The predicted molar refractivity (Wildman–Crippen MR) is 89.0 cm³/mol. The quantitative estimate of drug-likeness (QED) is 0.844. The molecule has 1 saturated carbocycles. The molecule has 0 radical (unpaired) electrons. The Morgan fingerprint density at radius 1 is 1.20 bits per heavy atom. The molecule has 2 N–H and O–H groups in total. The lowest BCUT2D eigenvalue weighted by atomic mass is 10.0. The van der Waals surface area contributed by atoms with Crippen LogP contribution in [0.5, 0.6) is 0 Å². The second kappa shape index (κ2) is 7.78. The summed E-state index contributed by atoms with van der Waals surface area (Å²) in [6.45, 7) is 2.01. The number of alkyl halides is 3. The Hall–Kier alpha value is -1.54. The molecule has 9 heteroatoms. The van der Waals surface area contributed by atoms with Crippen molar-refractivity contribution in [1.29, 1.82) is 0 Å². The Labute approximate surface area is 149 Å². The second-order valence-electron chi connectivity index (χ2n) is 6.53. The van der Waals surface area contributed by atoms with Gasteiger partial charge >= 0.3 is 6.18 Å². The number of carbonyl (C=O) groups excluding carboxylic acids is 1. The van der Waals surface area contributed by atoms with Gasteiger partial charge < -0.3 is 15.2 Å². The maximum Gasteiger partial charge on any atom is 0.431 e. The Morgan fingerprint density at radius 2 is 1.84 bits per heavy atom. The van der Waals surface area contributed by atoms with Gasteiger partial charge in [0.15, 0.2) is 0 Å². The van der Waals surface area contributed by atoms with Crippen molar-refractivity contribution < 1.29 is 18.0 Å². The fraction of sp³-hybridized carbons (Fsp3) is 0.625. The Morgan fingerprint density at radius 3 is 2.36 bits per heavy atom. The van der Waals surface area contributed by atoms with Gasteiger partial charge in [-0.2, -0.15) is 13.2 Å². The van der Waals surface area contributed by atoms with Crippen molar-refractivity contribution in [2.24, 2.45) is 5.92 Å². The van der Waals surface area contributed by atoms with Crippen LogP contribution in [0.25, 0.3) is 0 Å². The highest BCUT2D eigenvalue weighted by molar-refractivity contribution is 5.93. The number of nitrogens with zero attached hydrogens (tertiary/aromatic N) is 1. The first-order valence-corrected chi connectivity index (χ1v) is 8.18. The minimum Gasteiger partial charge on any atom is -0.338 e. The molecule has 2 fully saturated rings. The van der Waals surface area contributed by atoms with Gasteiger partial charge in [0, 0.05) is 19.1 Å². The van der Waals surface area contributed by atoms with E-state index in [1.165, 1.54) is 17.7 Å². The van der Waals surface area contributed by atoms with Crippen LogP contribution in [0, 0.1) is 5.92 Å². The Bertz CT molecular complexity index is 665. The number of likely N-dealkylation sites (tertiary alicyclic amines) is 1. The molecule has 1 amide bonds. The molecule has 0 atom stereocenters. The molecule has 1 aliphatic heterocycles. The van der Waals surface area contributed by atoms with E-state index in [2.05, 4.69) is 5.32 Å². The minimum absolute atomic E-state index is 0. The number of aromatic amines is 1. The molecule has 140 valence electrons. The summed E-state index contributed by atoms with van der Waals surface area (Å²) in [6, 6.07) is 2.06. The van der Waals surface area contributed by atoms with E-state index in [9.17, 15) is 22.8 Å². The molecule has 2 heterocycles. The van der Waals surface area contributed by atoms with E-state index in [4.69, 9.17) is 0 Å². The standard InChI is InChI=1S/C16H20F3N3O2.ClH/c17-16(18,19)13-4-3-12(14(23)21-13)15(24)22-7-5-11(6-8-22)20-9-10-1-2-10;/h3-4,10-11,20H,1-2,5-9H2,(H,21,23);1H. The first-order valence-electron chi connectivity index (χ1n) is 8.18. The van der Waals surface area contributed by atoms with Gasteiger partial charge in [-0.3, -0.25) is 9.59 Å². The van der Waals surface area contributed by atoms with Crippen LogP contribution in [0.15, 0.2) is 16.9 Å². The summed E-state index contributed by atoms with van der Waals surface area (Å²) < 4.78 is 37.7. The number of hydrogen-bond donors (Lipinski definition) is 2. The van der Waals surface area contributed by atoms with Crippen LogP contribution >= 0.6 is 12.4 Å². The fourth-order valence-corrected chi connectivity index (χ4v) is 2.92. The maximum atomic E-state index is 12.6. The number of nitrogens with one attached hydrogen (secondary N) is 2. The summed E-state index contributed by atoms with van der Waals surface area (Å²) in [6.07, 6.45) is -0.498. The molecule has 1 aliphatic carbocycles. The zero-order valence-corrected chi connectivity index (χ0v) is 14.4. The number of pyridine rings is 1. The topological polar surface area (TPSA) is 65.2 Å². The van der Waals surface area contributed by atoms with Gasteiger partial charge in [-0.05, 0) is 50.3 Å². The van der Waals surface area contributed by atoms with E-state index < -0.39 is 23.3 Å². The smallest absolute Gasteiger partial charge is 0.338 e. The molecule has 0 spiro atoms. The van der Waals surface area contributed by atoms with Crippen LogP contribution in [0.3, 0.4) is 0 Å². The number of aromatic nitrogens is 1. The van der Waals surface area contributed by atoms with Crippen molar-refractivity contribution >= 4 is 18.3 Å². The van der Waals surface area contributed by atoms with E-state index in [1.54, 1.807) is 4.98 Å². The summed E-state index contributed by atoms with van der Waals surface area (Å²) in [5.41, 5.74) is -2.39. The average Bonchev–Trinajstić information content (AvgIpc) is 3.36. The molecular formula is C16H21ClF3N3O2. The second-order valence-corrected chi connectivity index (χ2v) is 6.53. The van der Waals surface area contributed by atoms with E-state index in [-0.39, 0.29) is 18.0 Å². The van der Waals surface area contributed by atoms with Crippen molar-refractivity contribution in [2.75, 3.05) is 19.6 Å². The summed E-state index contributed by atoms with van der Waals surface area (Å²) >= 11 is 0. The molecule has 25 heavy (non-hydrogen) atoms. The SMILES string of the molecule is Cl.O=C(c1ccc(C(F)(F)F)[nH]c1=O)N1CCC(NCC2CC2)CC1. The first-order chi connectivity index (χ1) is 11.3. The first kappa shape index (κ1) is 19.8. The van der Waals surface area contributed by atoms with Gasteiger partial charge in [0.1, 0.15) is 11.3 Å². The molecule has 3 rings (SSSR count). The van der Waals surface area contributed by atoms with Crippen molar-refractivity contribution in [1.82, 2.24) is 15.2 Å². The Balaban J connectivity index is 0.00000225. The number of halogens is 4. The highest BCUT2D eigenvalue weighted by Crippen LogP contribution is 2.28. The lowest BCUT2D eigenvalue weighted by molar-refractivity contribution is -0.141. The predicted octanol–water partition coefficient (Wildman–Crippen LogP) is 2.42. The average molecular weight is 380 g/mol. The molecule has 0 bridgehead atoms. The Kier molecular flexibility index (Phi) is 6.16. The van der Waals surface area contributed by atoms with Gasteiger partial charge in [0.25, 0.3) is 11.5 Å². The van der Waals surface area contributed by atoms with Crippen LogP contribution in [0.4, 0.5) is 13.2 Å². The molecule has 2 aliphatic rings. The summed E-state index contributed by atoms with van der Waals surface area (Å²) in [4.78, 5) is 27.5. The van der Waals surface area contributed by atoms with Gasteiger partial charge in [-0.15, -0.1) is 12.4 Å². The zero-order chi connectivity index (χ0) is 17.3. The van der Waals surface area contributed by atoms with Crippen LogP contribution in [0.1, 0.15) is 41.7 Å². The van der Waals surface area contributed by atoms with E-state index in [0.717, 1.165) is 37.4 Å². The van der Waals surface area contributed by atoms with E-state index in [1.807, 2.05) is 0 Å². The number of H-pyrrole nitrogens is 1. The highest BCUT2D eigenvalue weighted by atomic mass is 35.5. The molecule has 1 aromatic rings. The lowest BCUT2D eigenvalue weighted by Gasteiger charge is -2.32. The largest absolute Gasteiger partial charge is 0.431 e. The molecule has 0 aromatic carbocycles.